The van der Waals surface area contributed by atoms with Gasteiger partial charge in [0.15, 0.2) is 0 Å². The highest BCUT2D eigenvalue weighted by molar-refractivity contribution is 5.94. The van der Waals surface area contributed by atoms with Crippen LogP contribution >= 0.6 is 0 Å². The van der Waals surface area contributed by atoms with Crippen LogP contribution in [0.3, 0.4) is 0 Å². The molecule has 1 atom stereocenters. The average molecular weight is 316 g/mol. The average Bonchev–Trinajstić information content (AvgIpc) is 2.93. The van der Waals surface area contributed by atoms with Gasteiger partial charge in [0.2, 0.25) is 5.91 Å². The van der Waals surface area contributed by atoms with Gasteiger partial charge in [0.05, 0.1) is 0 Å². The summed E-state index contributed by atoms with van der Waals surface area (Å²) in [5, 5.41) is 3.05. The van der Waals surface area contributed by atoms with Crippen LogP contribution in [-0.4, -0.2) is 29.3 Å². The van der Waals surface area contributed by atoms with E-state index in [1.165, 1.54) is 12.8 Å². The van der Waals surface area contributed by atoms with Crippen LogP contribution in [0.1, 0.15) is 68.3 Å². The molecule has 1 unspecified atom stereocenters. The van der Waals surface area contributed by atoms with Crippen LogP contribution in [-0.2, 0) is 11.3 Å². The van der Waals surface area contributed by atoms with E-state index in [2.05, 4.69) is 19.2 Å². The summed E-state index contributed by atoms with van der Waals surface area (Å²) in [6.45, 7) is 5.73. The molecule has 1 N–H and O–H groups in total. The number of amides is 2. The van der Waals surface area contributed by atoms with E-state index in [4.69, 9.17) is 0 Å². The zero-order chi connectivity index (χ0) is 16.7. The van der Waals surface area contributed by atoms with Crippen molar-refractivity contribution >= 4 is 11.8 Å². The molecule has 1 aliphatic rings. The van der Waals surface area contributed by atoms with Crippen LogP contribution < -0.4 is 5.32 Å². The molecule has 23 heavy (non-hydrogen) atoms. The normalized spacial score (nSPS) is 15.7. The van der Waals surface area contributed by atoms with Gasteiger partial charge in [0, 0.05) is 31.1 Å². The van der Waals surface area contributed by atoms with E-state index in [0.29, 0.717) is 18.5 Å². The van der Waals surface area contributed by atoms with E-state index in [1.807, 2.05) is 29.2 Å². The minimum Gasteiger partial charge on any atom is -0.350 e. The number of hydrogen-bond acceptors (Lipinski definition) is 2. The molecule has 0 aliphatic carbocycles. The maximum atomic E-state index is 12.2. The molecule has 2 amide bonds. The number of carbonyl (C=O) groups is 2. The number of rotatable bonds is 8. The Balaban J connectivity index is 1.83. The molecule has 1 aromatic carbocycles. The molecular weight excluding hydrogens is 288 g/mol. The molecular formula is C19H28N2O2. The topological polar surface area (TPSA) is 49.4 Å². The smallest absolute Gasteiger partial charge is 0.251 e. The van der Waals surface area contributed by atoms with E-state index in [9.17, 15) is 9.59 Å². The highest BCUT2D eigenvalue weighted by Gasteiger charge is 2.20. The SMILES string of the molecule is CCCCCC(C)NC(=O)c1ccc(CN2CCCC2=O)cc1. The van der Waals surface area contributed by atoms with E-state index in [-0.39, 0.29) is 17.9 Å². The second-order valence-corrected chi connectivity index (χ2v) is 6.49. The van der Waals surface area contributed by atoms with Crippen LogP contribution in [0.25, 0.3) is 0 Å². The van der Waals surface area contributed by atoms with Gasteiger partial charge in [-0.15, -0.1) is 0 Å². The van der Waals surface area contributed by atoms with E-state index in [1.54, 1.807) is 0 Å². The largest absolute Gasteiger partial charge is 0.350 e. The van der Waals surface area contributed by atoms with Gasteiger partial charge in [-0.3, -0.25) is 9.59 Å². The summed E-state index contributed by atoms with van der Waals surface area (Å²) in [6, 6.07) is 7.80. The Kier molecular flexibility index (Phi) is 6.63. The van der Waals surface area contributed by atoms with Gasteiger partial charge in [-0.1, -0.05) is 38.3 Å². The molecule has 4 heteroatoms. The predicted molar refractivity (Wildman–Crippen MR) is 92.2 cm³/mol. The van der Waals surface area contributed by atoms with Gasteiger partial charge < -0.3 is 10.2 Å². The maximum Gasteiger partial charge on any atom is 0.251 e. The Bertz CT molecular complexity index is 525. The molecule has 0 spiro atoms. The van der Waals surface area contributed by atoms with Gasteiger partial charge in [0.1, 0.15) is 0 Å². The first kappa shape index (κ1) is 17.5. The third-order valence-corrected chi connectivity index (χ3v) is 4.38. The minimum absolute atomic E-state index is 0.0159. The van der Waals surface area contributed by atoms with E-state index >= 15 is 0 Å². The van der Waals surface area contributed by atoms with E-state index in [0.717, 1.165) is 31.4 Å². The summed E-state index contributed by atoms with van der Waals surface area (Å²) in [5.74, 6) is 0.213. The van der Waals surface area contributed by atoms with Crippen molar-refractivity contribution in [2.24, 2.45) is 0 Å². The number of likely N-dealkylation sites (tertiary alicyclic amines) is 1. The number of benzene rings is 1. The van der Waals surface area contributed by atoms with Crippen molar-refractivity contribution in [1.29, 1.82) is 0 Å². The van der Waals surface area contributed by atoms with Crippen LogP contribution in [0.15, 0.2) is 24.3 Å². The van der Waals surface area contributed by atoms with Gasteiger partial charge in [-0.2, -0.15) is 0 Å². The highest BCUT2D eigenvalue weighted by atomic mass is 16.2. The summed E-state index contributed by atoms with van der Waals surface area (Å²) < 4.78 is 0. The summed E-state index contributed by atoms with van der Waals surface area (Å²) in [4.78, 5) is 25.7. The highest BCUT2D eigenvalue weighted by Crippen LogP contribution is 2.15. The standard InChI is InChI=1S/C19H28N2O2/c1-3-4-5-7-15(2)20-19(23)17-11-9-16(10-12-17)14-21-13-6-8-18(21)22/h9-12,15H,3-8,13-14H2,1-2H3,(H,20,23). The molecule has 4 nitrogen and oxygen atoms in total. The van der Waals surface area contributed by atoms with Gasteiger partial charge >= 0.3 is 0 Å². The van der Waals surface area contributed by atoms with Gasteiger partial charge in [-0.25, -0.2) is 0 Å². The van der Waals surface area contributed by atoms with Crippen molar-refractivity contribution in [3.05, 3.63) is 35.4 Å². The minimum atomic E-state index is -0.0159. The lowest BCUT2D eigenvalue weighted by Crippen LogP contribution is -2.32. The van der Waals surface area contributed by atoms with Crippen molar-refractivity contribution < 1.29 is 9.59 Å². The Morgan fingerprint density at radius 2 is 2.00 bits per heavy atom. The first-order valence-electron chi connectivity index (χ1n) is 8.77. The molecule has 126 valence electrons. The molecule has 0 bridgehead atoms. The van der Waals surface area contributed by atoms with Crippen molar-refractivity contribution in [3.63, 3.8) is 0 Å². The second kappa shape index (κ2) is 8.70. The fourth-order valence-corrected chi connectivity index (χ4v) is 2.93. The Hall–Kier alpha value is -1.84. The van der Waals surface area contributed by atoms with Gasteiger partial charge in [0.25, 0.3) is 5.91 Å². The summed E-state index contributed by atoms with van der Waals surface area (Å²) in [6.07, 6.45) is 6.20. The van der Waals surface area contributed by atoms with Crippen molar-refractivity contribution in [1.82, 2.24) is 10.2 Å². The van der Waals surface area contributed by atoms with Crippen LogP contribution in [0, 0.1) is 0 Å². The molecule has 2 rings (SSSR count). The van der Waals surface area contributed by atoms with Gasteiger partial charge in [-0.05, 0) is 37.5 Å². The number of hydrogen-bond donors (Lipinski definition) is 1. The summed E-state index contributed by atoms with van der Waals surface area (Å²) in [5.41, 5.74) is 1.76. The molecule has 1 aromatic rings. The fourth-order valence-electron chi connectivity index (χ4n) is 2.93. The lowest BCUT2D eigenvalue weighted by Gasteiger charge is -2.16. The number of carbonyl (C=O) groups excluding carboxylic acids is 2. The third kappa shape index (κ3) is 5.38. The van der Waals surface area contributed by atoms with E-state index < -0.39 is 0 Å². The first-order valence-corrected chi connectivity index (χ1v) is 8.77. The Morgan fingerprint density at radius 1 is 1.26 bits per heavy atom. The zero-order valence-electron chi connectivity index (χ0n) is 14.3. The Labute approximate surface area is 139 Å². The number of unbranched alkanes of at least 4 members (excludes halogenated alkanes) is 2. The van der Waals surface area contributed by atoms with Crippen molar-refractivity contribution in [2.75, 3.05) is 6.54 Å². The van der Waals surface area contributed by atoms with Crippen LogP contribution in [0.2, 0.25) is 0 Å². The second-order valence-electron chi connectivity index (χ2n) is 6.49. The zero-order valence-corrected chi connectivity index (χ0v) is 14.3. The fraction of sp³-hybridized carbons (Fsp3) is 0.579. The summed E-state index contributed by atoms with van der Waals surface area (Å²) in [7, 11) is 0. The number of nitrogens with one attached hydrogen (secondary N) is 1. The van der Waals surface area contributed by atoms with Crippen LogP contribution in [0.4, 0.5) is 0 Å². The number of nitrogens with zero attached hydrogens (tertiary/aromatic N) is 1. The third-order valence-electron chi connectivity index (χ3n) is 4.38. The van der Waals surface area contributed by atoms with Crippen molar-refractivity contribution in [3.8, 4) is 0 Å². The Morgan fingerprint density at radius 3 is 2.61 bits per heavy atom. The molecule has 1 fully saturated rings. The summed E-state index contributed by atoms with van der Waals surface area (Å²) >= 11 is 0. The predicted octanol–water partition coefficient (Wildman–Crippen LogP) is 3.51. The van der Waals surface area contributed by atoms with Crippen molar-refractivity contribution in [2.45, 2.75) is 65.0 Å². The molecule has 0 saturated carbocycles. The first-order chi connectivity index (χ1) is 11.1. The molecule has 0 aromatic heterocycles. The molecule has 1 saturated heterocycles. The maximum absolute atomic E-state index is 12.2. The molecule has 1 heterocycles. The monoisotopic (exact) mass is 316 g/mol. The molecule has 0 radical (unpaired) electrons. The van der Waals surface area contributed by atoms with Crippen LogP contribution in [0.5, 0.6) is 0 Å². The lowest BCUT2D eigenvalue weighted by atomic mass is 10.1. The molecule has 1 aliphatic heterocycles. The lowest BCUT2D eigenvalue weighted by molar-refractivity contribution is -0.128. The quantitative estimate of drug-likeness (QED) is 0.746.